The minimum absolute atomic E-state index is 0.221. The predicted octanol–water partition coefficient (Wildman–Crippen LogP) is 4.12. The molecule has 6 heteroatoms. The highest BCUT2D eigenvalue weighted by Gasteiger charge is 2.60. The minimum atomic E-state index is -0.465. The molecule has 0 aliphatic heterocycles. The van der Waals surface area contributed by atoms with E-state index in [9.17, 15) is 9.59 Å². The zero-order valence-electron chi connectivity index (χ0n) is 15.3. The molecule has 146 valence electrons. The fraction of sp³-hybridized carbons (Fsp3) is 0.619. The van der Waals surface area contributed by atoms with Crippen LogP contribution in [0.15, 0.2) is 24.3 Å². The van der Waals surface area contributed by atoms with Gasteiger partial charge in [-0.15, -0.1) is 11.6 Å². The summed E-state index contributed by atoms with van der Waals surface area (Å²) in [6.07, 6.45) is 6.34. The fourth-order valence-electron chi connectivity index (χ4n) is 5.76. The molecule has 0 aromatic heterocycles. The van der Waals surface area contributed by atoms with Crippen molar-refractivity contribution in [2.45, 2.75) is 49.8 Å². The third-order valence-corrected chi connectivity index (χ3v) is 7.06. The first-order valence-corrected chi connectivity index (χ1v) is 10.5. The molecular weight excluding hydrogens is 385 g/mol. The van der Waals surface area contributed by atoms with E-state index in [1.54, 1.807) is 0 Å². The molecule has 4 aliphatic rings. The van der Waals surface area contributed by atoms with E-state index >= 15 is 0 Å². The lowest BCUT2D eigenvalue weighted by molar-refractivity contribution is -0.171. The molecule has 4 aliphatic carbocycles. The molecule has 1 aromatic rings. The molecule has 0 radical (unpaired) electrons. The van der Waals surface area contributed by atoms with Gasteiger partial charge in [0.2, 0.25) is 0 Å². The summed E-state index contributed by atoms with van der Waals surface area (Å²) in [5, 5.41) is 3.48. The highest BCUT2D eigenvalue weighted by Crippen LogP contribution is 2.64. The average molecular weight is 410 g/mol. The van der Waals surface area contributed by atoms with Crippen LogP contribution in [0.25, 0.3) is 0 Å². The Hall–Kier alpha value is -1.26. The fourth-order valence-corrected chi connectivity index (χ4v) is 6.67. The maximum absolute atomic E-state index is 12.8. The molecule has 1 aromatic carbocycles. The number of alkyl halides is 1. The van der Waals surface area contributed by atoms with Gasteiger partial charge in [-0.05, 0) is 74.5 Å². The van der Waals surface area contributed by atoms with Gasteiger partial charge in [-0.25, -0.2) is 0 Å². The van der Waals surface area contributed by atoms with E-state index in [-0.39, 0.29) is 23.4 Å². The molecule has 0 saturated heterocycles. The van der Waals surface area contributed by atoms with Gasteiger partial charge in [-0.2, -0.15) is 0 Å². The van der Waals surface area contributed by atoms with Gasteiger partial charge >= 0.3 is 5.97 Å². The third kappa shape index (κ3) is 4.12. The zero-order valence-corrected chi connectivity index (χ0v) is 16.8. The lowest BCUT2D eigenvalue weighted by atomic mass is 9.49. The smallest absolute Gasteiger partial charge is 0.312 e. The van der Waals surface area contributed by atoms with Crippen LogP contribution in [0.2, 0.25) is 5.02 Å². The Balaban J connectivity index is 1.25. The summed E-state index contributed by atoms with van der Waals surface area (Å²) >= 11 is 12.7. The van der Waals surface area contributed by atoms with Crippen LogP contribution in [0.5, 0.6) is 0 Å². The van der Waals surface area contributed by atoms with E-state index in [1.165, 1.54) is 6.42 Å². The second-order valence-electron chi connectivity index (χ2n) is 8.70. The van der Waals surface area contributed by atoms with Crippen molar-refractivity contribution < 1.29 is 14.3 Å². The van der Waals surface area contributed by atoms with Gasteiger partial charge in [0.25, 0.3) is 5.91 Å². The van der Waals surface area contributed by atoms with Crippen molar-refractivity contribution in [1.29, 1.82) is 0 Å². The van der Waals surface area contributed by atoms with E-state index in [1.807, 2.05) is 24.3 Å². The SMILES string of the molecule is O=C(COC(=O)C12C[C@@H]3C[C@@H](CC(Cl)(C3)C1)C2)NCCc1cccc(Cl)c1. The second-order valence-corrected chi connectivity index (χ2v) is 9.94. The topological polar surface area (TPSA) is 55.4 Å². The highest BCUT2D eigenvalue weighted by molar-refractivity contribution is 6.30. The first-order chi connectivity index (χ1) is 12.9. The van der Waals surface area contributed by atoms with Crippen molar-refractivity contribution in [3.8, 4) is 0 Å². The summed E-state index contributed by atoms with van der Waals surface area (Å²) in [6.45, 7) is 0.261. The van der Waals surface area contributed by atoms with Crippen molar-refractivity contribution >= 4 is 35.1 Å². The Morgan fingerprint density at radius 3 is 2.59 bits per heavy atom. The Labute approximate surface area is 169 Å². The highest BCUT2D eigenvalue weighted by atomic mass is 35.5. The van der Waals surface area contributed by atoms with Crippen LogP contribution in [0.1, 0.15) is 44.1 Å². The third-order valence-electron chi connectivity index (χ3n) is 6.38. The summed E-state index contributed by atoms with van der Waals surface area (Å²) < 4.78 is 5.42. The minimum Gasteiger partial charge on any atom is -0.455 e. The van der Waals surface area contributed by atoms with Crippen LogP contribution < -0.4 is 5.32 Å². The largest absolute Gasteiger partial charge is 0.455 e. The van der Waals surface area contributed by atoms with Crippen LogP contribution in [0, 0.1) is 17.3 Å². The number of rotatable bonds is 6. The van der Waals surface area contributed by atoms with Crippen molar-refractivity contribution in [3.05, 3.63) is 34.9 Å². The quantitative estimate of drug-likeness (QED) is 0.567. The molecule has 0 heterocycles. The molecule has 4 saturated carbocycles. The van der Waals surface area contributed by atoms with Gasteiger partial charge in [0, 0.05) is 16.4 Å². The number of hydrogen-bond donors (Lipinski definition) is 1. The molecule has 0 spiro atoms. The monoisotopic (exact) mass is 409 g/mol. The standard InChI is InChI=1S/C21H25Cl2NO3/c22-17-3-1-2-14(7-17)4-5-24-18(25)12-27-19(26)20-8-15-6-16(9-20)11-21(23,10-15)13-20/h1-3,7,15-16H,4-6,8-13H2,(H,24,25)/t15-,16+,20?,21?. The van der Waals surface area contributed by atoms with E-state index in [0.29, 0.717) is 36.2 Å². The maximum Gasteiger partial charge on any atom is 0.312 e. The lowest BCUT2D eigenvalue weighted by Crippen LogP contribution is -2.56. The molecule has 4 nitrogen and oxygen atoms in total. The van der Waals surface area contributed by atoms with Crippen molar-refractivity contribution in [1.82, 2.24) is 5.32 Å². The van der Waals surface area contributed by atoms with Crippen molar-refractivity contribution in [3.63, 3.8) is 0 Å². The molecule has 27 heavy (non-hydrogen) atoms. The van der Waals surface area contributed by atoms with Gasteiger partial charge in [0.1, 0.15) is 0 Å². The van der Waals surface area contributed by atoms with Gasteiger partial charge in [-0.1, -0.05) is 23.7 Å². The lowest BCUT2D eigenvalue weighted by Gasteiger charge is -2.58. The molecular formula is C21H25Cl2NO3. The number of nitrogens with one attached hydrogen (secondary N) is 1. The summed E-state index contributed by atoms with van der Waals surface area (Å²) in [5.41, 5.74) is 0.591. The van der Waals surface area contributed by atoms with Crippen LogP contribution in [-0.4, -0.2) is 29.9 Å². The Morgan fingerprint density at radius 2 is 1.93 bits per heavy atom. The first kappa shape index (κ1) is 19.1. The molecule has 4 bridgehead atoms. The molecule has 4 atom stereocenters. The van der Waals surface area contributed by atoms with E-state index in [0.717, 1.165) is 31.2 Å². The first-order valence-electron chi connectivity index (χ1n) is 9.73. The number of halogens is 2. The number of hydrogen-bond acceptors (Lipinski definition) is 3. The number of carbonyl (C=O) groups excluding carboxylic acids is 2. The number of ether oxygens (including phenoxy) is 1. The summed E-state index contributed by atoms with van der Waals surface area (Å²) in [4.78, 5) is 24.6. The van der Waals surface area contributed by atoms with Crippen LogP contribution >= 0.6 is 23.2 Å². The van der Waals surface area contributed by atoms with Gasteiger partial charge in [0.05, 0.1) is 5.41 Å². The Kier molecular flexibility index (Phi) is 5.15. The number of benzene rings is 1. The van der Waals surface area contributed by atoms with Gasteiger partial charge < -0.3 is 10.1 Å². The average Bonchev–Trinajstić information content (AvgIpc) is 2.57. The van der Waals surface area contributed by atoms with Crippen molar-refractivity contribution in [2.24, 2.45) is 17.3 Å². The predicted molar refractivity (Wildman–Crippen MR) is 105 cm³/mol. The van der Waals surface area contributed by atoms with Gasteiger partial charge in [0.15, 0.2) is 6.61 Å². The second kappa shape index (κ2) is 7.29. The molecule has 1 N–H and O–H groups in total. The summed E-state index contributed by atoms with van der Waals surface area (Å²) in [5.74, 6) is 0.563. The maximum atomic E-state index is 12.8. The van der Waals surface area contributed by atoms with Crippen molar-refractivity contribution in [2.75, 3.05) is 13.2 Å². The Bertz CT molecular complexity index is 737. The zero-order chi connectivity index (χ0) is 19.1. The normalized spacial score (nSPS) is 33.7. The summed E-state index contributed by atoms with van der Waals surface area (Å²) in [7, 11) is 0. The molecule has 4 fully saturated rings. The van der Waals surface area contributed by atoms with E-state index in [2.05, 4.69) is 5.32 Å². The number of amides is 1. The molecule has 1 amide bonds. The summed E-state index contributed by atoms with van der Waals surface area (Å²) in [6, 6.07) is 7.55. The van der Waals surface area contributed by atoms with Gasteiger partial charge in [-0.3, -0.25) is 9.59 Å². The van der Waals surface area contributed by atoms with E-state index in [4.69, 9.17) is 27.9 Å². The molecule has 5 rings (SSSR count). The van der Waals surface area contributed by atoms with E-state index < -0.39 is 5.41 Å². The van der Waals surface area contributed by atoms with Crippen LogP contribution in [0.3, 0.4) is 0 Å². The van der Waals surface area contributed by atoms with Crippen LogP contribution in [0.4, 0.5) is 0 Å². The number of carbonyl (C=O) groups is 2. The molecule has 2 unspecified atom stereocenters. The van der Waals surface area contributed by atoms with Crippen LogP contribution in [-0.2, 0) is 20.7 Å². The Morgan fingerprint density at radius 1 is 1.19 bits per heavy atom. The number of esters is 1.